The largest absolute Gasteiger partial charge is 0.377 e. The van der Waals surface area contributed by atoms with Gasteiger partial charge < -0.3 is 15.0 Å². The van der Waals surface area contributed by atoms with Crippen molar-refractivity contribution in [3.8, 4) is 5.69 Å². The van der Waals surface area contributed by atoms with Gasteiger partial charge in [-0.05, 0) is 65.8 Å². The standard InChI is InChI=1S/C22H32N4O2/c1-5-28-18(13-14-25(3)4)15-23-22(27)21-19-7-6-8-20(19)26(24-21)17-11-9-16(2)10-12-17/h9-12,18H,5-8,13-15H2,1-4H3,(H,23,27). The van der Waals surface area contributed by atoms with Gasteiger partial charge in [-0.15, -0.1) is 0 Å². The number of aryl methyl sites for hydroxylation is 1. The van der Waals surface area contributed by atoms with Gasteiger partial charge in [-0.25, -0.2) is 4.68 Å². The van der Waals surface area contributed by atoms with Crippen LogP contribution < -0.4 is 5.32 Å². The van der Waals surface area contributed by atoms with Crippen LogP contribution in [0.3, 0.4) is 0 Å². The molecule has 1 unspecified atom stereocenters. The lowest BCUT2D eigenvalue weighted by Crippen LogP contribution is -2.36. The highest BCUT2D eigenvalue weighted by Crippen LogP contribution is 2.28. The maximum Gasteiger partial charge on any atom is 0.272 e. The average Bonchev–Trinajstić information content (AvgIpc) is 3.27. The predicted octanol–water partition coefficient (Wildman–Crippen LogP) is 2.76. The molecule has 1 aromatic heterocycles. The van der Waals surface area contributed by atoms with Crippen LogP contribution in [0.1, 0.15) is 47.1 Å². The highest BCUT2D eigenvalue weighted by molar-refractivity contribution is 5.94. The minimum atomic E-state index is -0.0985. The van der Waals surface area contributed by atoms with Crippen molar-refractivity contribution >= 4 is 5.91 Å². The number of carbonyl (C=O) groups is 1. The lowest BCUT2D eigenvalue weighted by Gasteiger charge is -2.19. The van der Waals surface area contributed by atoms with E-state index in [1.54, 1.807) is 0 Å². The van der Waals surface area contributed by atoms with Crippen molar-refractivity contribution < 1.29 is 9.53 Å². The number of hydrogen-bond acceptors (Lipinski definition) is 4. The molecule has 2 aromatic rings. The summed E-state index contributed by atoms with van der Waals surface area (Å²) in [7, 11) is 4.09. The van der Waals surface area contributed by atoms with E-state index in [0.29, 0.717) is 18.8 Å². The second-order valence-electron chi connectivity index (χ2n) is 7.75. The van der Waals surface area contributed by atoms with Crippen LogP contribution in [0.15, 0.2) is 24.3 Å². The first-order valence-electron chi connectivity index (χ1n) is 10.2. The monoisotopic (exact) mass is 384 g/mol. The molecule has 0 aliphatic heterocycles. The topological polar surface area (TPSA) is 59.4 Å². The van der Waals surface area contributed by atoms with Crippen LogP contribution in [0.2, 0.25) is 0 Å². The smallest absolute Gasteiger partial charge is 0.272 e. The highest BCUT2D eigenvalue weighted by atomic mass is 16.5. The molecule has 1 amide bonds. The SMILES string of the molecule is CCOC(CCN(C)C)CNC(=O)c1nn(-c2ccc(C)cc2)c2c1CCC2. The maximum absolute atomic E-state index is 12.9. The minimum absolute atomic E-state index is 0.0172. The normalized spacial score (nSPS) is 14.3. The molecule has 1 heterocycles. The molecule has 152 valence electrons. The van der Waals surface area contributed by atoms with E-state index in [1.165, 1.54) is 11.3 Å². The number of ether oxygens (including phenoxy) is 1. The van der Waals surface area contributed by atoms with Crippen LogP contribution >= 0.6 is 0 Å². The van der Waals surface area contributed by atoms with E-state index in [0.717, 1.165) is 43.5 Å². The first-order chi connectivity index (χ1) is 13.5. The Bertz CT molecular complexity index is 796. The Kier molecular flexibility index (Phi) is 6.86. The lowest BCUT2D eigenvalue weighted by atomic mass is 10.2. The molecule has 0 bridgehead atoms. The summed E-state index contributed by atoms with van der Waals surface area (Å²) >= 11 is 0. The fourth-order valence-corrected chi connectivity index (χ4v) is 3.69. The Morgan fingerprint density at radius 1 is 1.29 bits per heavy atom. The molecular weight excluding hydrogens is 352 g/mol. The second kappa shape index (κ2) is 9.34. The van der Waals surface area contributed by atoms with Gasteiger partial charge in [-0.1, -0.05) is 17.7 Å². The predicted molar refractivity (Wildman–Crippen MR) is 111 cm³/mol. The van der Waals surface area contributed by atoms with E-state index >= 15 is 0 Å². The number of carbonyl (C=O) groups excluding carboxylic acids is 1. The number of amides is 1. The van der Waals surface area contributed by atoms with Crippen LogP contribution in [0, 0.1) is 6.92 Å². The third-order valence-corrected chi connectivity index (χ3v) is 5.21. The molecule has 3 rings (SSSR count). The van der Waals surface area contributed by atoms with Crippen LogP contribution in [0.25, 0.3) is 5.69 Å². The molecule has 1 aromatic carbocycles. The number of fused-ring (bicyclic) bond motifs is 1. The minimum Gasteiger partial charge on any atom is -0.377 e. The van der Waals surface area contributed by atoms with Gasteiger partial charge >= 0.3 is 0 Å². The fraction of sp³-hybridized carbons (Fsp3) is 0.545. The summed E-state index contributed by atoms with van der Waals surface area (Å²) in [6, 6.07) is 8.29. The van der Waals surface area contributed by atoms with Crippen molar-refractivity contribution in [3.63, 3.8) is 0 Å². The van der Waals surface area contributed by atoms with Crippen LogP contribution in [-0.2, 0) is 17.6 Å². The van der Waals surface area contributed by atoms with Crippen molar-refractivity contribution in [2.45, 2.75) is 45.6 Å². The second-order valence-corrected chi connectivity index (χ2v) is 7.75. The van der Waals surface area contributed by atoms with E-state index in [1.807, 2.05) is 25.7 Å². The zero-order valence-corrected chi connectivity index (χ0v) is 17.5. The van der Waals surface area contributed by atoms with Gasteiger partial charge in [0.1, 0.15) is 0 Å². The number of aromatic nitrogens is 2. The van der Waals surface area contributed by atoms with E-state index in [-0.39, 0.29) is 12.0 Å². The molecule has 0 spiro atoms. The van der Waals surface area contributed by atoms with Crippen LogP contribution in [0.5, 0.6) is 0 Å². The highest BCUT2D eigenvalue weighted by Gasteiger charge is 2.27. The fourth-order valence-electron chi connectivity index (χ4n) is 3.69. The Labute approximate surface area is 167 Å². The van der Waals surface area contributed by atoms with Crippen LogP contribution in [-0.4, -0.2) is 60.5 Å². The molecule has 0 radical (unpaired) electrons. The molecule has 0 fully saturated rings. The molecule has 28 heavy (non-hydrogen) atoms. The third-order valence-electron chi connectivity index (χ3n) is 5.21. The average molecular weight is 385 g/mol. The summed E-state index contributed by atoms with van der Waals surface area (Å²) in [5, 5.41) is 7.74. The van der Waals surface area contributed by atoms with Gasteiger partial charge in [0, 0.05) is 31.0 Å². The summed E-state index contributed by atoms with van der Waals surface area (Å²) in [6.07, 6.45) is 3.86. The van der Waals surface area contributed by atoms with Crippen molar-refractivity contribution in [1.82, 2.24) is 20.0 Å². The molecular formula is C22H32N4O2. The van der Waals surface area contributed by atoms with Gasteiger partial charge in [0.2, 0.25) is 0 Å². The Balaban J connectivity index is 1.73. The van der Waals surface area contributed by atoms with Gasteiger partial charge in [-0.3, -0.25) is 4.79 Å². The molecule has 1 aliphatic rings. The van der Waals surface area contributed by atoms with Gasteiger partial charge in [0.05, 0.1) is 11.8 Å². The number of nitrogens with zero attached hydrogens (tertiary/aromatic N) is 3. The van der Waals surface area contributed by atoms with E-state index < -0.39 is 0 Å². The summed E-state index contributed by atoms with van der Waals surface area (Å²) < 4.78 is 7.74. The van der Waals surface area contributed by atoms with E-state index in [9.17, 15) is 4.79 Å². The number of hydrogen-bond donors (Lipinski definition) is 1. The Hall–Kier alpha value is -2.18. The molecule has 0 saturated heterocycles. The van der Waals surface area contributed by atoms with Gasteiger partial charge in [0.15, 0.2) is 5.69 Å². The summed E-state index contributed by atoms with van der Waals surface area (Å²) in [5.41, 5.74) is 5.06. The zero-order valence-electron chi connectivity index (χ0n) is 17.5. The van der Waals surface area contributed by atoms with E-state index in [2.05, 4.69) is 46.5 Å². The molecule has 1 N–H and O–H groups in total. The number of benzene rings is 1. The van der Waals surface area contributed by atoms with Gasteiger partial charge in [0.25, 0.3) is 5.91 Å². The third kappa shape index (κ3) is 4.80. The zero-order chi connectivity index (χ0) is 20.1. The first-order valence-corrected chi connectivity index (χ1v) is 10.2. The Morgan fingerprint density at radius 2 is 2.04 bits per heavy atom. The van der Waals surface area contributed by atoms with Crippen molar-refractivity contribution in [1.29, 1.82) is 0 Å². The quantitative estimate of drug-likeness (QED) is 0.722. The Morgan fingerprint density at radius 3 is 2.71 bits per heavy atom. The first kappa shape index (κ1) is 20.6. The summed E-state index contributed by atoms with van der Waals surface area (Å²) in [4.78, 5) is 15.0. The number of nitrogens with one attached hydrogen (secondary N) is 1. The number of rotatable bonds is 9. The summed E-state index contributed by atoms with van der Waals surface area (Å²) in [6.45, 7) is 6.14. The molecule has 0 saturated carbocycles. The van der Waals surface area contributed by atoms with Crippen molar-refractivity contribution in [2.24, 2.45) is 0 Å². The maximum atomic E-state index is 12.9. The summed E-state index contributed by atoms with van der Waals surface area (Å²) in [5.74, 6) is -0.0985. The molecule has 1 aliphatic carbocycles. The molecule has 6 nitrogen and oxygen atoms in total. The van der Waals surface area contributed by atoms with Crippen molar-refractivity contribution in [3.05, 3.63) is 46.8 Å². The molecule has 6 heteroatoms. The van der Waals surface area contributed by atoms with E-state index in [4.69, 9.17) is 4.74 Å². The van der Waals surface area contributed by atoms with Crippen LogP contribution in [0.4, 0.5) is 0 Å². The molecule has 1 atom stereocenters. The lowest BCUT2D eigenvalue weighted by molar-refractivity contribution is 0.0495. The van der Waals surface area contributed by atoms with Crippen molar-refractivity contribution in [2.75, 3.05) is 33.8 Å². The van der Waals surface area contributed by atoms with Gasteiger partial charge in [-0.2, -0.15) is 5.10 Å².